The lowest BCUT2D eigenvalue weighted by Crippen LogP contribution is -2.47. The summed E-state index contributed by atoms with van der Waals surface area (Å²) in [6.07, 6.45) is 0. The van der Waals surface area contributed by atoms with Gasteiger partial charge in [-0.25, -0.2) is 24.0 Å². The third kappa shape index (κ3) is 14.6. The van der Waals surface area contributed by atoms with Gasteiger partial charge in [0, 0.05) is 35.0 Å². The number of methoxy groups -OCH3 is 1. The molecular formula is C31H44O12. The number of carbonyl (C=O) groups excluding carboxylic acids is 5. The Balaban J connectivity index is 6.39. The number of rotatable bonds is 21. The minimum atomic E-state index is -1.43. The summed E-state index contributed by atoms with van der Waals surface area (Å²) in [5.74, 6) is -3.60. The van der Waals surface area contributed by atoms with Crippen LogP contribution in [0.3, 0.4) is 0 Å². The Labute approximate surface area is 253 Å². The van der Waals surface area contributed by atoms with Gasteiger partial charge in [-0.2, -0.15) is 0 Å². The fourth-order valence-electron chi connectivity index (χ4n) is 3.00. The molecule has 240 valence electrons. The highest BCUT2D eigenvalue weighted by molar-refractivity contribution is 5.88. The van der Waals surface area contributed by atoms with Gasteiger partial charge in [0.1, 0.15) is 33.0 Å². The molecule has 0 aromatic carbocycles. The molecule has 0 aromatic rings. The number of hydrogen-bond donors (Lipinski definition) is 0. The molecule has 0 rings (SSSR count). The third-order valence-corrected chi connectivity index (χ3v) is 5.56. The summed E-state index contributed by atoms with van der Waals surface area (Å²) >= 11 is 0. The maximum absolute atomic E-state index is 12.3. The topological polar surface area (TPSA) is 150 Å². The fraction of sp³-hybridized carbons (Fsp3) is 0.516. The van der Waals surface area contributed by atoms with Crippen molar-refractivity contribution in [2.75, 3.05) is 60.0 Å². The van der Waals surface area contributed by atoms with E-state index in [1.54, 1.807) is 0 Å². The van der Waals surface area contributed by atoms with Crippen LogP contribution >= 0.6 is 0 Å². The van der Waals surface area contributed by atoms with Crippen LogP contribution in [0.5, 0.6) is 0 Å². The van der Waals surface area contributed by atoms with E-state index in [1.165, 1.54) is 41.7 Å². The maximum Gasteiger partial charge on any atom is 0.333 e. The Hall–Kier alpha value is -4.03. The minimum absolute atomic E-state index is 0.0904. The molecule has 0 N–H and O–H groups in total. The zero-order valence-corrected chi connectivity index (χ0v) is 26.1. The molecule has 0 aliphatic carbocycles. The van der Waals surface area contributed by atoms with E-state index in [9.17, 15) is 24.0 Å². The third-order valence-electron chi connectivity index (χ3n) is 5.56. The smallest absolute Gasteiger partial charge is 0.333 e. The molecule has 0 radical (unpaired) electrons. The first-order valence-electron chi connectivity index (χ1n) is 13.1. The van der Waals surface area contributed by atoms with Crippen LogP contribution in [0.1, 0.15) is 34.6 Å². The monoisotopic (exact) mass is 608 g/mol. The molecule has 0 saturated carbocycles. The second-order valence-electron chi connectivity index (χ2n) is 10.7. The highest BCUT2D eigenvalue weighted by Gasteiger charge is 2.40. The summed E-state index contributed by atoms with van der Waals surface area (Å²) in [6, 6.07) is 0. The van der Waals surface area contributed by atoms with Gasteiger partial charge in [-0.15, -0.1) is 0 Å². The van der Waals surface area contributed by atoms with Crippen LogP contribution in [0.15, 0.2) is 60.8 Å². The Morgan fingerprint density at radius 1 is 0.419 bits per heavy atom. The van der Waals surface area contributed by atoms with E-state index in [-0.39, 0.29) is 60.9 Å². The van der Waals surface area contributed by atoms with Crippen molar-refractivity contribution in [3.05, 3.63) is 60.8 Å². The zero-order chi connectivity index (χ0) is 33.4. The van der Waals surface area contributed by atoms with Gasteiger partial charge in [0.2, 0.25) is 0 Å². The van der Waals surface area contributed by atoms with E-state index < -0.39 is 60.5 Å². The lowest BCUT2D eigenvalue weighted by molar-refractivity contribution is -0.169. The van der Waals surface area contributed by atoms with Gasteiger partial charge >= 0.3 is 29.8 Å². The Bertz CT molecular complexity index is 1010. The minimum Gasteiger partial charge on any atom is -0.461 e. The van der Waals surface area contributed by atoms with Crippen LogP contribution in [0.25, 0.3) is 0 Å². The van der Waals surface area contributed by atoms with Crippen molar-refractivity contribution in [1.29, 1.82) is 0 Å². The van der Waals surface area contributed by atoms with E-state index in [0.717, 1.165) is 0 Å². The zero-order valence-electron chi connectivity index (χ0n) is 26.1. The molecule has 0 heterocycles. The van der Waals surface area contributed by atoms with E-state index in [1.807, 2.05) is 0 Å². The van der Waals surface area contributed by atoms with Crippen molar-refractivity contribution in [1.82, 2.24) is 0 Å². The largest absolute Gasteiger partial charge is 0.461 e. The van der Waals surface area contributed by atoms with Gasteiger partial charge in [-0.1, -0.05) is 32.9 Å². The van der Waals surface area contributed by atoms with Crippen molar-refractivity contribution >= 4 is 29.8 Å². The lowest BCUT2D eigenvalue weighted by Gasteiger charge is -2.35. The molecule has 12 nitrogen and oxygen atoms in total. The summed E-state index contributed by atoms with van der Waals surface area (Å²) in [4.78, 5) is 61.2. The van der Waals surface area contributed by atoms with E-state index in [0.29, 0.717) is 0 Å². The first-order chi connectivity index (χ1) is 19.9. The molecule has 0 aromatic heterocycles. The quantitative estimate of drug-likeness (QED) is 0.107. The second kappa shape index (κ2) is 18.5. The van der Waals surface area contributed by atoms with Crippen molar-refractivity contribution in [2.45, 2.75) is 34.6 Å². The van der Waals surface area contributed by atoms with E-state index in [2.05, 4.69) is 32.9 Å². The molecule has 12 heteroatoms. The fourth-order valence-corrected chi connectivity index (χ4v) is 3.00. The highest BCUT2D eigenvalue weighted by atomic mass is 16.6. The van der Waals surface area contributed by atoms with Crippen LogP contribution in [0.4, 0.5) is 0 Å². The van der Waals surface area contributed by atoms with Crippen LogP contribution in [-0.2, 0) is 57.1 Å². The highest BCUT2D eigenvalue weighted by Crippen LogP contribution is 2.26. The van der Waals surface area contributed by atoms with Crippen LogP contribution in [0, 0.1) is 10.8 Å². The molecule has 0 atom stereocenters. The SMILES string of the molecule is C=C(C)C(=O)OCC(COC)(COCC(COC(=O)C(=C)C)(COC(=O)C(=C)C)COC(=O)C(=C)C)COC(=O)C(=C)C. The molecule has 0 bridgehead atoms. The number of carbonyl (C=O) groups is 5. The van der Waals surface area contributed by atoms with Gasteiger partial charge in [0.25, 0.3) is 0 Å². The molecule has 0 saturated heterocycles. The molecule has 0 spiro atoms. The summed E-state index contributed by atoms with van der Waals surface area (Å²) < 4.78 is 38.2. The van der Waals surface area contributed by atoms with Crippen molar-refractivity contribution in [2.24, 2.45) is 10.8 Å². The predicted molar refractivity (Wildman–Crippen MR) is 156 cm³/mol. The van der Waals surface area contributed by atoms with Gasteiger partial charge < -0.3 is 33.2 Å². The Kier molecular flexibility index (Phi) is 16.8. The summed E-state index contributed by atoms with van der Waals surface area (Å²) in [5, 5.41) is 0. The van der Waals surface area contributed by atoms with Crippen molar-refractivity contribution in [3.8, 4) is 0 Å². The van der Waals surface area contributed by atoms with Gasteiger partial charge in [-0.3, -0.25) is 0 Å². The second-order valence-corrected chi connectivity index (χ2v) is 10.7. The number of ether oxygens (including phenoxy) is 7. The summed E-state index contributed by atoms with van der Waals surface area (Å²) in [7, 11) is 1.39. The van der Waals surface area contributed by atoms with Gasteiger partial charge in [0.15, 0.2) is 0 Å². The summed E-state index contributed by atoms with van der Waals surface area (Å²) in [5.41, 5.74) is -2.07. The van der Waals surface area contributed by atoms with Crippen LogP contribution < -0.4 is 0 Å². The average Bonchev–Trinajstić information content (AvgIpc) is 2.93. The number of hydrogen-bond acceptors (Lipinski definition) is 12. The molecule has 0 unspecified atom stereocenters. The van der Waals surface area contributed by atoms with Crippen LogP contribution in [0.2, 0.25) is 0 Å². The Morgan fingerprint density at radius 2 is 0.628 bits per heavy atom. The number of esters is 5. The molecule has 0 aliphatic rings. The van der Waals surface area contributed by atoms with Crippen molar-refractivity contribution in [3.63, 3.8) is 0 Å². The van der Waals surface area contributed by atoms with Gasteiger partial charge in [0.05, 0.1) is 30.7 Å². The Morgan fingerprint density at radius 3 is 0.814 bits per heavy atom. The standard InChI is InChI=1S/C31H44O12/c1-20(2)25(32)39-15-30(12-37-11,16-40-26(33)21(3)4)13-38-14-31(17-41-27(34)22(5)6,18-42-28(35)23(7)8)19-43-29(36)24(9)10/h1,3,5,7,9,12-19H2,2,4,6,8,10-11H3. The normalized spacial score (nSPS) is 11.0. The van der Waals surface area contributed by atoms with E-state index in [4.69, 9.17) is 33.2 Å². The van der Waals surface area contributed by atoms with Crippen molar-refractivity contribution < 1.29 is 57.1 Å². The average molecular weight is 609 g/mol. The van der Waals surface area contributed by atoms with E-state index >= 15 is 0 Å². The van der Waals surface area contributed by atoms with Gasteiger partial charge in [-0.05, 0) is 34.6 Å². The summed E-state index contributed by atoms with van der Waals surface area (Å²) in [6.45, 7) is 22.5. The van der Waals surface area contributed by atoms with Crippen LogP contribution in [-0.4, -0.2) is 89.8 Å². The molecule has 0 aliphatic heterocycles. The molecule has 43 heavy (non-hydrogen) atoms. The predicted octanol–water partition coefficient (Wildman–Crippen LogP) is 3.22. The molecule has 0 fully saturated rings. The first kappa shape index (κ1) is 39.0. The maximum atomic E-state index is 12.3. The molecule has 0 amide bonds. The first-order valence-corrected chi connectivity index (χ1v) is 13.1. The lowest BCUT2D eigenvalue weighted by atomic mass is 9.90. The molecular weight excluding hydrogens is 564 g/mol.